The van der Waals surface area contributed by atoms with Crippen molar-refractivity contribution in [3.63, 3.8) is 0 Å². The van der Waals surface area contributed by atoms with Gasteiger partial charge in [-0.2, -0.15) is 0 Å². The Kier molecular flexibility index (Phi) is 6.49. The first-order chi connectivity index (χ1) is 9.85. The summed E-state index contributed by atoms with van der Waals surface area (Å²) in [6.45, 7) is 3.50. The van der Waals surface area contributed by atoms with Gasteiger partial charge in [-0.25, -0.2) is 4.79 Å². The fourth-order valence-electron chi connectivity index (χ4n) is 1.88. The van der Waals surface area contributed by atoms with E-state index in [9.17, 15) is 9.59 Å². The van der Waals surface area contributed by atoms with Crippen LogP contribution in [-0.4, -0.2) is 30.1 Å². The molecule has 1 amide bonds. The lowest BCUT2D eigenvalue weighted by Crippen LogP contribution is -2.44. The quantitative estimate of drug-likeness (QED) is 0.811. The summed E-state index contributed by atoms with van der Waals surface area (Å²) in [5, 5.41) is 12.0. The minimum Gasteiger partial charge on any atom is -0.495 e. The molecule has 21 heavy (non-hydrogen) atoms. The summed E-state index contributed by atoms with van der Waals surface area (Å²) < 4.78 is 5.05. The van der Waals surface area contributed by atoms with Gasteiger partial charge in [-0.15, -0.1) is 0 Å². The first-order valence-electron chi connectivity index (χ1n) is 6.69. The molecule has 0 aliphatic carbocycles. The molecular weight excluding hydrogens is 294 g/mol. The van der Waals surface area contributed by atoms with E-state index in [-0.39, 0.29) is 18.2 Å². The molecule has 0 heterocycles. The zero-order chi connectivity index (χ0) is 16.0. The largest absolute Gasteiger partial charge is 0.495 e. The minimum atomic E-state index is -1.02. The van der Waals surface area contributed by atoms with Crippen LogP contribution in [0.4, 0.5) is 0 Å². The molecule has 5 nitrogen and oxygen atoms in total. The lowest BCUT2D eigenvalue weighted by Gasteiger charge is -2.17. The maximum Gasteiger partial charge on any atom is 0.326 e. The van der Waals surface area contributed by atoms with Gasteiger partial charge in [-0.05, 0) is 30.0 Å². The number of benzene rings is 1. The number of carbonyl (C=O) groups excluding carboxylic acids is 1. The number of nitrogens with one attached hydrogen (secondary N) is 1. The molecule has 0 fully saturated rings. The second-order valence-corrected chi connectivity index (χ2v) is 5.50. The Morgan fingerprint density at radius 3 is 2.52 bits per heavy atom. The Morgan fingerprint density at radius 2 is 2.05 bits per heavy atom. The molecule has 2 N–H and O–H groups in total. The van der Waals surface area contributed by atoms with Gasteiger partial charge < -0.3 is 15.2 Å². The molecule has 1 aromatic rings. The predicted octanol–water partition coefficient (Wildman–Crippen LogP) is 2.51. The van der Waals surface area contributed by atoms with Gasteiger partial charge in [0.05, 0.1) is 12.1 Å². The Bertz CT molecular complexity index is 516. The van der Waals surface area contributed by atoms with Gasteiger partial charge >= 0.3 is 5.97 Å². The number of carbonyl (C=O) groups is 2. The van der Waals surface area contributed by atoms with Crippen molar-refractivity contribution in [2.45, 2.75) is 32.7 Å². The van der Waals surface area contributed by atoms with Crippen LogP contribution in [0.3, 0.4) is 0 Å². The number of halogens is 1. The highest BCUT2D eigenvalue weighted by molar-refractivity contribution is 6.32. The molecule has 0 saturated heterocycles. The third-order valence-corrected chi connectivity index (χ3v) is 3.40. The smallest absolute Gasteiger partial charge is 0.326 e. The van der Waals surface area contributed by atoms with E-state index in [4.69, 9.17) is 21.4 Å². The molecule has 0 bridgehead atoms. The number of hydrogen-bond acceptors (Lipinski definition) is 3. The fraction of sp³-hybridized carbons (Fsp3) is 0.467. The first-order valence-corrected chi connectivity index (χ1v) is 7.07. The van der Waals surface area contributed by atoms with Gasteiger partial charge in [0.1, 0.15) is 11.8 Å². The van der Waals surface area contributed by atoms with Crippen LogP contribution < -0.4 is 10.1 Å². The monoisotopic (exact) mass is 313 g/mol. The highest BCUT2D eigenvalue weighted by atomic mass is 35.5. The average Bonchev–Trinajstić information content (AvgIpc) is 2.42. The maximum absolute atomic E-state index is 11.8. The molecule has 116 valence electrons. The number of hydrogen-bond donors (Lipinski definition) is 2. The number of aliphatic carboxylic acids is 1. The molecule has 1 aromatic carbocycles. The molecule has 0 spiro atoms. The van der Waals surface area contributed by atoms with Gasteiger partial charge in [0.15, 0.2) is 0 Å². The summed E-state index contributed by atoms with van der Waals surface area (Å²) in [7, 11) is 1.53. The number of aryl methyl sites for hydroxylation is 1. The van der Waals surface area contributed by atoms with E-state index in [2.05, 4.69) is 5.32 Å². The third-order valence-electron chi connectivity index (χ3n) is 3.11. The molecule has 0 aromatic heterocycles. The number of methoxy groups -OCH3 is 1. The van der Waals surface area contributed by atoms with E-state index >= 15 is 0 Å². The molecule has 0 saturated carbocycles. The molecule has 0 aliphatic heterocycles. The summed E-state index contributed by atoms with van der Waals surface area (Å²) in [5.41, 5.74) is 0.896. The molecule has 0 unspecified atom stereocenters. The Labute approximate surface area is 129 Å². The van der Waals surface area contributed by atoms with Crippen LogP contribution in [0.2, 0.25) is 5.02 Å². The predicted molar refractivity (Wildman–Crippen MR) is 80.7 cm³/mol. The molecule has 0 aliphatic rings. The van der Waals surface area contributed by atoms with Crippen molar-refractivity contribution in [1.29, 1.82) is 0 Å². The summed E-state index contributed by atoms with van der Waals surface area (Å²) >= 11 is 6.01. The van der Waals surface area contributed by atoms with E-state index in [1.807, 2.05) is 6.07 Å². The second-order valence-electron chi connectivity index (χ2n) is 5.10. The SMILES string of the molecule is COc1ccc(CCC(=O)N[C@@H](C(=O)O)C(C)C)cc1Cl. The average molecular weight is 314 g/mol. The lowest BCUT2D eigenvalue weighted by atomic mass is 10.0. The highest BCUT2D eigenvalue weighted by Crippen LogP contribution is 2.25. The summed E-state index contributed by atoms with van der Waals surface area (Å²) in [4.78, 5) is 22.8. The van der Waals surface area contributed by atoms with Crippen molar-refractivity contribution in [3.8, 4) is 5.75 Å². The summed E-state index contributed by atoms with van der Waals surface area (Å²) in [6, 6.07) is 4.45. The Hall–Kier alpha value is -1.75. The van der Waals surface area contributed by atoms with Crippen LogP contribution in [0.1, 0.15) is 25.8 Å². The van der Waals surface area contributed by atoms with E-state index in [1.54, 1.807) is 26.0 Å². The second kappa shape index (κ2) is 7.88. The minimum absolute atomic E-state index is 0.165. The van der Waals surface area contributed by atoms with Gasteiger partial charge in [-0.3, -0.25) is 4.79 Å². The van der Waals surface area contributed by atoms with E-state index in [1.165, 1.54) is 7.11 Å². The van der Waals surface area contributed by atoms with Crippen molar-refractivity contribution in [3.05, 3.63) is 28.8 Å². The summed E-state index contributed by atoms with van der Waals surface area (Å²) in [6.07, 6.45) is 0.694. The topological polar surface area (TPSA) is 75.6 Å². The van der Waals surface area contributed by atoms with Crippen LogP contribution in [-0.2, 0) is 16.0 Å². The lowest BCUT2D eigenvalue weighted by molar-refractivity contribution is -0.143. The number of carboxylic acids is 1. The molecule has 6 heteroatoms. The van der Waals surface area contributed by atoms with E-state index < -0.39 is 12.0 Å². The summed E-state index contributed by atoms with van der Waals surface area (Å²) in [5.74, 6) is -0.897. The van der Waals surface area contributed by atoms with Crippen LogP contribution in [0, 0.1) is 5.92 Å². The number of ether oxygens (including phenoxy) is 1. The molecule has 1 rings (SSSR count). The first kappa shape index (κ1) is 17.3. The van der Waals surface area contributed by atoms with E-state index in [0.29, 0.717) is 17.2 Å². The number of carboxylic acid groups (broad SMARTS) is 1. The van der Waals surface area contributed by atoms with Gasteiger partial charge in [-0.1, -0.05) is 31.5 Å². The number of rotatable bonds is 7. The van der Waals surface area contributed by atoms with Gasteiger partial charge in [0.2, 0.25) is 5.91 Å². The highest BCUT2D eigenvalue weighted by Gasteiger charge is 2.23. The third kappa shape index (κ3) is 5.27. The van der Waals surface area contributed by atoms with Crippen molar-refractivity contribution in [1.82, 2.24) is 5.32 Å². The van der Waals surface area contributed by atoms with Crippen molar-refractivity contribution < 1.29 is 19.4 Å². The standard InChI is InChI=1S/C15H20ClNO4/c1-9(2)14(15(19)20)17-13(18)7-5-10-4-6-12(21-3)11(16)8-10/h4,6,8-9,14H,5,7H2,1-3H3,(H,17,18)(H,19,20)/t14-/m1/s1. The van der Waals surface area contributed by atoms with Crippen molar-refractivity contribution in [2.24, 2.45) is 5.92 Å². The zero-order valence-electron chi connectivity index (χ0n) is 12.4. The van der Waals surface area contributed by atoms with Crippen LogP contribution in [0.5, 0.6) is 5.75 Å². The Balaban J connectivity index is 2.56. The maximum atomic E-state index is 11.8. The normalized spacial score (nSPS) is 12.0. The van der Waals surface area contributed by atoms with Crippen LogP contribution >= 0.6 is 11.6 Å². The molecular formula is C15H20ClNO4. The Morgan fingerprint density at radius 1 is 1.38 bits per heavy atom. The molecule has 1 atom stereocenters. The fourth-order valence-corrected chi connectivity index (χ4v) is 2.16. The van der Waals surface area contributed by atoms with E-state index in [0.717, 1.165) is 5.56 Å². The van der Waals surface area contributed by atoms with Crippen LogP contribution in [0.15, 0.2) is 18.2 Å². The van der Waals surface area contributed by atoms with Crippen molar-refractivity contribution in [2.75, 3.05) is 7.11 Å². The van der Waals surface area contributed by atoms with Crippen molar-refractivity contribution >= 4 is 23.5 Å². The van der Waals surface area contributed by atoms with Crippen LogP contribution in [0.25, 0.3) is 0 Å². The molecule has 0 radical (unpaired) electrons. The van der Waals surface area contributed by atoms with Gasteiger partial charge in [0, 0.05) is 6.42 Å². The zero-order valence-corrected chi connectivity index (χ0v) is 13.1. The van der Waals surface area contributed by atoms with Gasteiger partial charge in [0.25, 0.3) is 0 Å². The number of amides is 1.